The first-order valence-corrected chi connectivity index (χ1v) is 10.8. The van der Waals surface area contributed by atoms with Crippen molar-refractivity contribution >= 4 is 17.7 Å². The van der Waals surface area contributed by atoms with E-state index in [1.54, 1.807) is 0 Å². The summed E-state index contributed by atoms with van der Waals surface area (Å²) in [5.41, 5.74) is -0.156. The molecule has 2 nitrogen and oxygen atoms in total. The van der Waals surface area contributed by atoms with Gasteiger partial charge in [-0.05, 0) is 55.4 Å². The molecule has 23 heavy (non-hydrogen) atoms. The highest BCUT2D eigenvalue weighted by Crippen LogP contribution is 2.36. The molecule has 0 spiro atoms. The molecule has 0 radical (unpaired) electrons. The number of rotatable bonds is 10. The molecular formula is C20H39NOS. The molecule has 0 aliphatic carbocycles. The minimum Gasteiger partial charge on any atom is -0.339 e. The van der Waals surface area contributed by atoms with Gasteiger partial charge in [0.1, 0.15) is 0 Å². The summed E-state index contributed by atoms with van der Waals surface area (Å²) in [4.78, 5) is 15.5. The summed E-state index contributed by atoms with van der Waals surface area (Å²) < 4.78 is 0. The van der Waals surface area contributed by atoms with Crippen LogP contribution in [0.2, 0.25) is 0 Å². The van der Waals surface area contributed by atoms with Crippen LogP contribution in [-0.4, -0.2) is 34.9 Å². The third kappa shape index (κ3) is 6.68. The molecular weight excluding hydrogens is 302 g/mol. The van der Waals surface area contributed by atoms with Gasteiger partial charge in [0.2, 0.25) is 5.91 Å². The first-order chi connectivity index (χ1) is 10.8. The van der Waals surface area contributed by atoms with Crippen LogP contribution >= 0.6 is 11.8 Å². The van der Waals surface area contributed by atoms with E-state index in [4.69, 9.17) is 0 Å². The molecule has 136 valence electrons. The maximum Gasteiger partial charge on any atom is 0.228 e. The van der Waals surface area contributed by atoms with Crippen molar-refractivity contribution in [2.24, 2.45) is 17.3 Å². The number of likely N-dealkylation sites (tertiary alicyclic amines) is 1. The van der Waals surface area contributed by atoms with Crippen molar-refractivity contribution < 1.29 is 4.79 Å². The first-order valence-electron chi connectivity index (χ1n) is 9.69. The highest BCUT2D eigenvalue weighted by molar-refractivity contribution is 7.99. The van der Waals surface area contributed by atoms with Crippen molar-refractivity contribution in [3.8, 4) is 0 Å². The summed E-state index contributed by atoms with van der Waals surface area (Å²) in [5, 5.41) is 0. The van der Waals surface area contributed by atoms with E-state index in [-0.39, 0.29) is 5.41 Å². The van der Waals surface area contributed by atoms with Gasteiger partial charge in [-0.3, -0.25) is 4.79 Å². The lowest BCUT2D eigenvalue weighted by molar-refractivity contribution is -0.143. The second-order valence-corrected chi connectivity index (χ2v) is 9.61. The van der Waals surface area contributed by atoms with Crippen molar-refractivity contribution in [2.75, 3.05) is 18.1 Å². The van der Waals surface area contributed by atoms with Crippen LogP contribution in [0.5, 0.6) is 0 Å². The van der Waals surface area contributed by atoms with Crippen LogP contribution in [0.4, 0.5) is 0 Å². The number of carbonyl (C=O) groups excluding carboxylic acids is 1. The topological polar surface area (TPSA) is 20.3 Å². The minimum absolute atomic E-state index is 0.156. The maximum absolute atomic E-state index is 13.3. The largest absolute Gasteiger partial charge is 0.339 e. The number of thioether (sulfide) groups is 1. The van der Waals surface area contributed by atoms with Gasteiger partial charge in [-0.1, -0.05) is 48.0 Å². The van der Waals surface area contributed by atoms with Crippen LogP contribution in [0.15, 0.2) is 0 Å². The van der Waals surface area contributed by atoms with Gasteiger partial charge in [-0.2, -0.15) is 11.8 Å². The van der Waals surface area contributed by atoms with Crippen molar-refractivity contribution in [3.05, 3.63) is 0 Å². The van der Waals surface area contributed by atoms with E-state index in [0.29, 0.717) is 17.9 Å². The SMILES string of the molecule is CCC[C@@](C)(CC(C)C)C(=O)N1CCC[C@H]1CCSCC(C)C. The van der Waals surface area contributed by atoms with E-state index in [1.807, 2.05) is 0 Å². The van der Waals surface area contributed by atoms with Gasteiger partial charge < -0.3 is 4.90 Å². The molecule has 0 N–H and O–H groups in total. The standard InChI is InChI=1S/C20H39NOS/c1-7-11-20(6,14-16(2)3)19(22)21-12-8-9-18(21)10-13-23-15-17(4)5/h16-18H,7-15H2,1-6H3/t18-,20-/m0/s1. The Bertz CT molecular complexity index is 356. The fourth-order valence-corrected chi connectivity index (χ4v) is 5.11. The summed E-state index contributed by atoms with van der Waals surface area (Å²) in [5.74, 6) is 4.21. The zero-order valence-corrected chi connectivity index (χ0v) is 17.2. The summed E-state index contributed by atoms with van der Waals surface area (Å²) in [6, 6.07) is 0.491. The average molecular weight is 342 g/mol. The lowest BCUT2D eigenvalue weighted by atomic mass is 9.77. The quantitative estimate of drug-likeness (QED) is 0.481. The molecule has 1 fully saturated rings. The van der Waals surface area contributed by atoms with Crippen molar-refractivity contribution in [1.29, 1.82) is 0 Å². The van der Waals surface area contributed by atoms with Crippen molar-refractivity contribution in [1.82, 2.24) is 4.90 Å². The van der Waals surface area contributed by atoms with E-state index in [1.165, 1.54) is 30.8 Å². The Morgan fingerprint density at radius 2 is 1.96 bits per heavy atom. The van der Waals surface area contributed by atoms with E-state index in [9.17, 15) is 4.79 Å². The highest BCUT2D eigenvalue weighted by atomic mass is 32.2. The Hall–Kier alpha value is -0.180. The van der Waals surface area contributed by atoms with Crippen LogP contribution in [-0.2, 0) is 4.79 Å². The smallest absolute Gasteiger partial charge is 0.228 e. The highest BCUT2D eigenvalue weighted by Gasteiger charge is 2.40. The third-order valence-electron chi connectivity index (χ3n) is 4.86. The Morgan fingerprint density at radius 3 is 2.52 bits per heavy atom. The number of amides is 1. The average Bonchev–Trinajstić information content (AvgIpc) is 2.90. The van der Waals surface area contributed by atoms with Crippen LogP contribution < -0.4 is 0 Å². The summed E-state index contributed by atoms with van der Waals surface area (Å²) >= 11 is 2.05. The number of nitrogens with zero attached hydrogens (tertiary/aromatic N) is 1. The van der Waals surface area contributed by atoms with Gasteiger partial charge in [0.05, 0.1) is 0 Å². The fourth-order valence-electron chi connectivity index (χ4n) is 4.04. The third-order valence-corrected chi connectivity index (χ3v) is 6.29. The van der Waals surface area contributed by atoms with Gasteiger partial charge in [-0.15, -0.1) is 0 Å². The van der Waals surface area contributed by atoms with Gasteiger partial charge in [0.25, 0.3) is 0 Å². The Balaban J connectivity index is 2.63. The van der Waals surface area contributed by atoms with Gasteiger partial charge in [0, 0.05) is 18.0 Å². The fraction of sp³-hybridized carbons (Fsp3) is 0.950. The lowest BCUT2D eigenvalue weighted by Crippen LogP contribution is -2.45. The van der Waals surface area contributed by atoms with Gasteiger partial charge >= 0.3 is 0 Å². The molecule has 0 aromatic heterocycles. The second kappa shape index (κ2) is 9.96. The van der Waals surface area contributed by atoms with E-state index < -0.39 is 0 Å². The molecule has 1 amide bonds. The molecule has 1 heterocycles. The summed E-state index contributed by atoms with van der Waals surface area (Å²) in [6.07, 6.45) is 6.71. The predicted octanol–water partition coefficient (Wildman–Crippen LogP) is 5.61. The van der Waals surface area contributed by atoms with Gasteiger partial charge in [-0.25, -0.2) is 0 Å². The molecule has 0 aromatic carbocycles. The van der Waals surface area contributed by atoms with Gasteiger partial charge in [0.15, 0.2) is 0 Å². The number of hydrogen-bond donors (Lipinski definition) is 0. The molecule has 1 rings (SSSR count). The zero-order valence-electron chi connectivity index (χ0n) is 16.4. The van der Waals surface area contributed by atoms with Crippen LogP contribution in [0.1, 0.15) is 80.1 Å². The van der Waals surface area contributed by atoms with Crippen LogP contribution in [0.25, 0.3) is 0 Å². The monoisotopic (exact) mass is 341 g/mol. The lowest BCUT2D eigenvalue weighted by Gasteiger charge is -2.36. The Morgan fingerprint density at radius 1 is 1.26 bits per heavy atom. The molecule has 0 aromatic rings. The van der Waals surface area contributed by atoms with Crippen LogP contribution in [0, 0.1) is 17.3 Å². The van der Waals surface area contributed by atoms with E-state index in [2.05, 4.69) is 58.2 Å². The second-order valence-electron chi connectivity index (χ2n) is 8.46. The molecule has 1 aliphatic rings. The minimum atomic E-state index is -0.156. The molecule has 0 saturated carbocycles. The van der Waals surface area contributed by atoms with Crippen molar-refractivity contribution in [2.45, 2.75) is 86.1 Å². The zero-order chi connectivity index (χ0) is 17.5. The van der Waals surface area contributed by atoms with Crippen molar-refractivity contribution in [3.63, 3.8) is 0 Å². The maximum atomic E-state index is 13.3. The predicted molar refractivity (Wildman–Crippen MR) is 104 cm³/mol. The molecule has 2 atom stereocenters. The van der Waals surface area contributed by atoms with Crippen LogP contribution in [0.3, 0.4) is 0 Å². The number of carbonyl (C=O) groups is 1. The normalized spacial score (nSPS) is 21.2. The molecule has 1 saturated heterocycles. The van der Waals surface area contributed by atoms with E-state index >= 15 is 0 Å². The Kier molecular flexibility index (Phi) is 9.03. The molecule has 1 aliphatic heterocycles. The molecule has 0 bridgehead atoms. The summed E-state index contributed by atoms with van der Waals surface area (Å²) in [7, 11) is 0. The Labute approximate surface area is 149 Å². The van der Waals surface area contributed by atoms with E-state index in [0.717, 1.165) is 31.7 Å². The molecule has 3 heteroatoms. The molecule has 0 unspecified atom stereocenters. The first kappa shape index (κ1) is 20.9. The summed E-state index contributed by atoms with van der Waals surface area (Å²) in [6.45, 7) is 14.4. The number of hydrogen-bond acceptors (Lipinski definition) is 2.